The van der Waals surface area contributed by atoms with Crippen LogP contribution in [0.3, 0.4) is 0 Å². The van der Waals surface area contributed by atoms with Crippen LogP contribution in [-0.2, 0) is 4.79 Å². The molecule has 5 nitrogen and oxygen atoms in total. The Bertz CT molecular complexity index is 663. The number of carbonyl (C=O) groups is 2. The molecule has 0 saturated heterocycles. The van der Waals surface area contributed by atoms with Gasteiger partial charge in [-0.1, -0.05) is 18.5 Å². The minimum Gasteiger partial charge on any atom is -0.475 e. The van der Waals surface area contributed by atoms with E-state index < -0.39 is 5.97 Å². The van der Waals surface area contributed by atoms with E-state index in [9.17, 15) is 9.59 Å². The molecule has 1 heterocycles. The highest BCUT2D eigenvalue weighted by Gasteiger charge is 2.13. The fraction of sp³-hybridized carbons (Fsp3) is 0.143. The van der Waals surface area contributed by atoms with Crippen LogP contribution in [-0.4, -0.2) is 17.0 Å². The van der Waals surface area contributed by atoms with E-state index in [2.05, 4.69) is 5.32 Å². The number of aromatic carboxylic acids is 1. The molecule has 0 bridgehead atoms. The highest BCUT2D eigenvalue weighted by Crippen LogP contribution is 2.31. The van der Waals surface area contributed by atoms with Gasteiger partial charge < -0.3 is 14.8 Å². The van der Waals surface area contributed by atoms with E-state index >= 15 is 0 Å². The smallest absolute Gasteiger partial charge is 0.371 e. The first-order chi connectivity index (χ1) is 9.51. The molecule has 6 heteroatoms. The molecular formula is C14H12ClNO4. The summed E-state index contributed by atoms with van der Waals surface area (Å²) in [6.45, 7) is 1.75. The number of rotatable bonds is 4. The first kappa shape index (κ1) is 14.1. The molecule has 20 heavy (non-hydrogen) atoms. The van der Waals surface area contributed by atoms with Crippen LogP contribution in [0.25, 0.3) is 11.3 Å². The van der Waals surface area contributed by atoms with Crippen molar-refractivity contribution in [3.8, 4) is 11.3 Å². The van der Waals surface area contributed by atoms with Gasteiger partial charge in [-0.25, -0.2) is 4.79 Å². The number of carboxylic acid groups (broad SMARTS) is 1. The largest absolute Gasteiger partial charge is 0.475 e. The molecule has 1 aromatic carbocycles. The molecule has 0 radical (unpaired) electrons. The summed E-state index contributed by atoms with van der Waals surface area (Å²) in [6.07, 6.45) is 0.375. The van der Waals surface area contributed by atoms with Gasteiger partial charge in [0.1, 0.15) is 5.76 Å². The predicted molar refractivity (Wildman–Crippen MR) is 75.0 cm³/mol. The van der Waals surface area contributed by atoms with Crippen molar-refractivity contribution in [2.45, 2.75) is 13.3 Å². The van der Waals surface area contributed by atoms with Gasteiger partial charge in [0.25, 0.3) is 0 Å². The van der Waals surface area contributed by atoms with E-state index in [1.807, 2.05) is 0 Å². The first-order valence-corrected chi connectivity index (χ1v) is 6.32. The summed E-state index contributed by atoms with van der Waals surface area (Å²) in [6, 6.07) is 7.83. The van der Waals surface area contributed by atoms with Crippen LogP contribution < -0.4 is 5.32 Å². The minimum atomic E-state index is -1.14. The second kappa shape index (κ2) is 5.79. The fourth-order valence-corrected chi connectivity index (χ4v) is 1.91. The van der Waals surface area contributed by atoms with Crippen molar-refractivity contribution in [3.63, 3.8) is 0 Å². The Morgan fingerprint density at radius 2 is 2.05 bits per heavy atom. The molecule has 0 spiro atoms. The Hall–Kier alpha value is -2.27. The zero-order valence-electron chi connectivity index (χ0n) is 10.6. The van der Waals surface area contributed by atoms with Gasteiger partial charge in [-0.3, -0.25) is 4.79 Å². The monoisotopic (exact) mass is 293 g/mol. The quantitative estimate of drug-likeness (QED) is 0.902. The lowest BCUT2D eigenvalue weighted by molar-refractivity contribution is -0.115. The van der Waals surface area contributed by atoms with Crippen LogP contribution in [0.4, 0.5) is 5.69 Å². The van der Waals surface area contributed by atoms with Crippen LogP contribution in [0.1, 0.15) is 23.9 Å². The maximum absolute atomic E-state index is 11.3. The van der Waals surface area contributed by atoms with Gasteiger partial charge in [-0.15, -0.1) is 0 Å². The van der Waals surface area contributed by atoms with Crippen molar-refractivity contribution < 1.29 is 19.1 Å². The fourth-order valence-electron chi connectivity index (χ4n) is 1.64. The number of halogens is 1. The third-order valence-electron chi connectivity index (χ3n) is 2.66. The van der Waals surface area contributed by atoms with E-state index in [-0.39, 0.29) is 11.7 Å². The number of furan rings is 1. The van der Waals surface area contributed by atoms with E-state index in [4.69, 9.17) is 21.1 Å². The van der Waals surface area contributed by atoms with Crippen LogP contribution in [0.2, 0.25) is 5.02 Å². The molecule has 1 aromatic heterocycles. The second-order valence-electron chi connectivity index (χ2n) is 4.07. The summed E-state index contributed by atoms with van der Waals surface area (Å²) in [5, 5.41) is 11.9. The number of benzene rings is 1. The van der Waals surface area contributed by atoms with Gasteiger partial charge >= 0.3 is 5.97 Å². The van der Waals surface area contributed by atoms with Gasteiger partial charge in [-0.2, -0.15) is 0 Å². The van der Waals surface area contributed by atoms with Gasteiger partial charge in [0.05, 0.1) is 5.02 Å². The Kier molecular flexibility index (Phi) is 4.10. The highest BCUT2D eigenvalue weighted by atomic mass is 35.5. The maximum Gasteiger partial charge on any atom is 0.371 e. The summed E-state index contributed by atoms with van der Waals surface area (Å²) in [4.78, 5) is 22.1. The van der Waals surface area contributed by atoms with Crippen molar-refractivity contribution in [2.24, 2.45) is 0 Å². The molecule has 0 aliphatic carbocycles. The Morgan fingerprint density at radius 1 is 1.30 bits per heavy atom. The summed E-state index contributed by atoms with van der Waals surface area (Å²) in [5.41, 5.74) is 1.14. The molecule has 104 valence electrons. The third-order valence-corrected chi connectivity index (χ3v) is 2.97. The van der Waals surface area contributed by atoms with E-state index in [0.717, 1.165) is 0 Å². The zero-order chi connectivity index (χ0) is 14.7. The molecule has 0 aliphatic rings. The summed E-state index contributed by atoms with van der Waals surface area (Å²) >= 11 is 6.12. The van der Waals surface area contributed by atoms with E-state index in [1.165, 1.54) is 12.1 Å². The lowest BCUT2D eigenvalue weighted by Gasteiger charge is -2.06. The number of anilines is 1. The normalized spacial score (nSPS) is 10.3. The van der Waals surface area contributed by atoms with Crippen molar-refractivity contribution in [1.29, 1.82) is 0 Å². The Balaban J connectivity index is 2.29. The number of hydrogen-bond acceptors (Lipinski definition) is 3. The van der Waals surface area contributed by atoms with Gasteiger partial charge in [0, 0.05) is 17.7 Å². The maximum atomic E-state index is 11.3. The van der Waals surface area contributed by atoms with Crippen molar-refractivity contribution >= 4 is 29.2 Å². The standard InChI is InChI=1S/C14H12ClNO4/c1-2-13(17)16-8-3-4-9(10(15)7-8)11-5-6-12(20-11)14(18)19/h3-7H,2H2,1H3,(H,16,17)(H,18,19). The van der Waals surface area contributed by atoms with Gasteiger partial charge in [0.2, 0.25) is 11.7 Å². The van der Waals surface area contributed by atoms with Gasteiger partial charge in [0.15, 0.2) is 0 Å². The molecule has 0 fully saturated rings. The van der Waals surface area contributed by atoms with Crippen molar-refractivity contribution in [2.75, 3.05) is 5.32 Å². The molecule has 0 aliphatic heterocycles. The van der Waals surface area contributed by atoms with Crippen molar-refractivity contribution in [1.82, 2.24) is 0 Å². The topological polar surface area (TPSA) is 79.5 Å². The molecule has 2 N–H and O–H groups in total. The SMILES string of the molecule is CCC(=O)Nc1ccc(-c2ccc(C(=O)O)o2)c(Cl)c1. The molecule has 0 saturated carbocycles. The molecule has 0 atom stereocenters. The summed E-state index contributed by atoms with van der Waals surface area (Å²) < 4.78 is 5.18. The lowest BCUT2D eigenvalue weighted by Crippen LogP contribution is -2.09. The van der Waals surface area contributed by atoms with Crippen LogP contribution in [0, 0.1) is 0 Å². The molecule has 2 aromatic rings. The lowest BCUT2D eigenvalue weighted by atomic mass is 10.1. The van der Waals surface area contributed by atoms with E-state index in [1.54, 1.807) is 25.1 Å². The number of nitrogens with one attached hydrogen (secondary N) is 1. The number of carboxylic acids is 1. The zero-order valence-corrected chi connectivity index (χ0v) is 11.4. The number of amides is 1. The average molecular weight is 294 g/mol. The Morgan fingerprint density at radius 3 is 2.60 bits per heavy atom. The summed E-state index contributed by atoms with van der Waals surface area (Å²) in [5.74, 6) is -1.04. The van der Waals surface area contributed by atoms with Crippen LogP contribution in [0.15, 0.2) is 34.7 Å². The minimum absolute atomic E-state index is 0.111. The van der Waals surface area contributed by atoms with E-state index in [0.29, 0.717) is 28.5 Å². The van der Waals surface area contributed by atoms with Crippen molar-refractivity contribution in [3.05, 3.63) is 41.1 Å². The number of hydrogen-bond donors (Lipinski definition) is 2. The van der Waals surface area contributed by atoms with Gasteiger partial charge in [-0.05, 0) is 30.3 Å². The number of carbonyl (C=O) groups excluding carboxylic acids is 1. The second-order valence-corrected chi connectivity index (χ2v) is 4.47. The molecule has 1 amide bonds. The molecule has 2 rings (SSSR count). The third kappa shape index (κ3) is 3.00. The first-order valence-electron chi connectivity index (χ1n) is 5.94. The Labute approximate surface area is 120 Å². The predicted octanol–water partition coefficient (Wildman–Crippen LogP) is 3.65. The summed E-state index contributed by atoms with van der Waals surface area (Å²) in [7, 11) is 0. The average Bonchev–Trinajstić information content (AvgIpc) is 2.88. The molecule has 0 unspecified atom stereocenters. The molecular weight excluding hydrogens is 282 g/mol. The van der Waals surface area contributed by atoms with Crippen LogP contribution in [0.5, 0.6) is 0 Å². The van der Waals surface area contributed by atoms with Crippen LogP contribution >= 0.6 is 11.6 Å². The highest BCUT2D eigenvalue weighted by molar-refractivity contribution is 6.33.